The fourth-order valence-electron chi connectivity index (χ4n) is 11.8. The van der Waals surface area contributed by atoms with Crippen LogP contribution in [0.1, 0.15) is 59.2 Å². The quantitative estimate of drug-likeness (QED) is 0.00249. The van der Waals surface area contributed by atoms with E-state index >= 15 is 0 Å². The Morgan fingerprint density at radius 1 is 0.493 bits per heavy atom. The molecule has 0 spiro atoms. The van der Waals surface area contributed by atoms with Crippen molar-refractivity contribution in [1.82, 2.24) is 14.5 Å². The van der Waals surface area contributed by atoms with Crippen molar-refractivity contribution in [2.24, 2.45) is 53.3 Å². The Morgan fingerprint density at radius 2 is 0.951 bits per heavy atom. The molecule has 16 N–H and O–H groups in total. The molecule has 7 aliphatic rings. The molecule has 7 fully saturated rings. The monoisotopic (exact) mass is 2070 g/mol. The predicted molar refractivity (Wildman–Crippen MR) is 455 cm³/mol. The molecule has 13 rings (SSSR count). The van der Waals surface area contributed by atoms with E-state index in [2.05, 4.69) is 58.7 Å². The average molecular weight is 2070 g/mol. The second-order valence-corrected chi connectivity index (χ2v) is 31.2. The number of aromatic carboxylic acids is 2. The van der Waals surface area contributed by atoms with Crippen LogP contribution in [-0.4, -0.2) is 273 Å². The van der Waals surface area contributed by atoms with E-state index in [1.165, 1.54) is 91.0 Å². The maximum atomic E-state index is 12.1. The van der Waals surface area contributed by atoms with E-state index in [-0.39, 0.29) is 150 Å². The molecule has 6 atom stereocenters. The molecule has 60 heteroatoms. The number of phenolic OH excluding ortho intramolecular Hbond substituents is 5. The third-order valence-electron chi connectivity index (χ3n) is 17.9. The van der Waals surface area contributed by atoms with Gasteiger partial charge in [0.2, 0.25) is 22.2 Å². The third kappa shape index (κ3) is 40.6. The lowest BCUT2D eigenvalue weighted by Gasteiger charge is -2.33. The molecular weight excluding hydrogens is 1990 g/mol. The number of nitrogens with zero attached hydrogens (tertiary/aromatic N) is 1. The fourth-order valence-corrected chi connectivity index (χ4v) is 14.1. The number of carbonyl (C=O) groups is 23. The summed E-state index contributed by atoms with van der Waals surface area (Å²) in [6.07, 6.45) is 1.38. The summed E-state index contributed by atoms with van der Waals surface area (Å²) in [5.41, 5.74) is -2.32. The number of carbonyl (C=O) groups excluding carboxylic acids is 16. The van der Waals surface area contributed by atoms with Gasteiger partial charge in [-0.3, -0.25) is 96.3 Å². The minimum Gasteiger partial charge on any atom is -0.508 e. The van der Waals surface area contributed by atoms with Gasteiger partial charge in [-0.25, -0.2) is 51.3 Å². The lowest BCUT2D eigenvalue weighted by atomic mass is 9.59. The van der Waals surface area contributed by atoms with E-state index in [0.717, 1.165) is 56.7 Å². The number of rotatable bonds is 31. The number of aromatic hydroxyl groups is 5. The first-order valence-electron chi connectivity index (χ1n) is 38.6. The van der Waals surface area contributed by atoms with E-state index in [0.29, 0.717) is 50.5 Å². The van der Waals surface area contributed by atoms with Gasteiger partial charge >= 0.3 is 106 Å². The molecule has 0 amide bonds. The van der Waals surface area contributed by atoms with Gasteiger partial charge in [0.25, 0.3) is 51.8 Å². The SMILES string of the molecule is C=CCn1c(=O)[nH]c(=O)[nH]c1=O.O=C1OC(=O)C2C1C1C(=O)OC(=O)C21.O=C1OC(=O)C2C1CC1C(=O)OC(=O)C12.O=CO/C=C/C(=O)O.O=COC(O)C(O)C(=O)O.O=COC1CCC(C(=O)O)CC1.O=COCCC(=O)O.O=COCCSSC(=O)O.O=COc1cc(O)cc(C(=O)O)c1.O=COc1ccc(O)cc1O.O=COc1cccc(C(=O)O)c1.O=S(=O)(c1ccc(O)cc1)c1ccc(O)cc1. The van der Waals surface area contributed by atoms with Crippen LogP contribution in [-0.2, 0) is 155 Å². The number of aliphatic hydroxyl groups is 2. The van der Waals surface area contributed by atoms with E-state index in [1.807, 2.05) is 9.97 Å². The summed E-state index contributed by atoms with van der Waals surface area (Å²) < 4.78 is 76.5. The zero-order chi connectivity index (χ0) is 107. The second kappa shape index (κ2) is 62.0. The molecule has 5 aromatic carbocycles. The van der Waals surface area contributed by atoms with Crippen molar-refractivity contribution < 1.29 is 247 Å². The van der Waals surface area contributed by atoms with E-state index < -0.39 is 176 Å². The van der Waals surface area contributed by atoms with Crippen molar-refractivity contribution in [1.29, 1.82) is 0 Å². The lowest BCUT2D eigenvalue weighted by molar-refractivity contribution is -0.186. The number of ether oxygens (including phenoxy) is 12. The highest BCUT2D eigenvalue weighted by atomic mass is 33.1. The highest BCUT2D eigenvalue weighted by molar-refractivity contribution is 8.82. The molecule has 0 radical (unpaired) electrons. The number of aromatic nitrogens is 3. The normalized spacial score (nSPS) is 18.5. The number of nitrogens with one attached hydrogen (secondary N) is 2. The van der Waals surface area contributed by atoms with E-state index in [9.17, 15) is 133 Å². The van der Waals surface area contributed by atoms with Crippen LogP contribution in [0, 0.1) is 53.3 Å². The molecule has 4 aliphatic heterocycles. The first-order chi connectivity index (χ1) is 67.1. The van der Waals surface area contributed by atoms with E-state index in [4.69, 9.17) is 76.2 Å². The van der Waals surface area contributed by atoms with Gasteiger partial charge in [0.05, 0.1) is 93.2 Å². The largest absolute Gasteiger partial charge is 0.508 e. The van der Waals surface area contributed by atoms with Crippen molar-refractivity contribution in [2.75, 3.05) is 19.0 Å². The Labute approximate surface area is 798 Å². The summed E-state index contributed by atoms with van der Waals surface area (Å²) in [6.45, 7) is 5.23. The van der Waals surface area contributed by atoms with Gasteiger partial charge in [0, 0.05) is 28.7 Å². The molecule has 1 aromatic heterocycles. The summed E-state index contributed by atoms with van der Waals surface area (Å²) >= 11 is 0. The summed E-state index contributed by atoms with van der Waals surface area (Å²) in [5, 5.41) is 118. The molecule has 6 aromatic rings. The first-order valence-corrected chi connectivity index (χ1v) is 42.4. The predicted octanol–water partition coefficient (Wildman–Crippen LogP) is -0.490. The molecule has 3 saturated carbocycles. The number of cyclic esters (lactones) is 8. The van der Waals surface area contributed by atoms with Crippen molar-refractivity contribution in [2.45, 2.75) is 73.4 Å². The number of aliphatic carboxylic acids is 4. The number of benzene rings is 5. The van der Waals surface area contributed by atoms with Gasteiger partial charge in [-0.2, -0.15) is 0 Å². The van der Waals surface area contributed by atoms with Crippen molar-refractivity contribution in [3.05, 3.63) is 177 Å². The van der Waals surface area contributed by atoms with Gasteiger partial charge < -0.3 is 128 Å². The molecule has 3 aliphatic carbocycles. The van der Waals surface area contributed by atoms with Crippen LogP contribution in [0.15, 0.2) is 158 Å². The topological polar surface area (TPSA) is 908 Å². The van der Waals surface area contributed by atoms with Crippen molar-refractivity contribution in [3.8, 4) is 46.0 Å². The first kappa shape index (κ1) is 120. The van der Waals surface area contributed by atoms with Crippen LogP contribution in [0.2, 0.25) is 0 Å². The lowest BCUT2D eigenvalue weighted by Crippen LogP contribution is -2.50. The molecular formula is C82H79N3O54S3. The Balaban J connectivity index is 0.000000527. The summed E-state index contributed by atoms with van der Waals surface area (Å²) in [5.74, 6) is -18.4. The van der Waals surface area contributed by atoms with Crippen LogP contribution in [0.5, 0.6) is 46.0 Å². The molecule has 764 valence electrons. The van der Waals surface area contributed by atoms with Crippen LogP contribution in [0.4, 0.5) is 4.79 Å². The number of carboxylic acids is 6. The number of phenols is 5. The number of sulfone groups is 1. The molecule has 5 heterocycles. The minimum absolute atomic E-state index is 0.00704. The Kier molecular flexibility index (Phi) is 52.5. The third-order valence-corrected chi connectivity index (χ3v) is 21.6. The Morgan fingerprint density at radius 3 is 1.36 bits per heavy atom. The number of aliphatic hydroxyl groups excluding tert-OH is 2. The van der Waals surface area contributed by atoms with Gasteiger partial charge in [-0.05, 0) is 123 Å². The number of hydrogen-bond donors (Lipinski definition) is 16. The van der Waals surface area contributed by atoms with Gasteiger partial charge in [0.1, 0.15) is 60.1 Å². The molecule has 4 saturated heterocycles. The number of carboxylic acid groups (broad SMARTS) is 7. The zero-order valence-electron chi connectivity index (χ0n) is 71.7. The minimum atomic E-state index is -3.59. The number of esters is 8. The highest BCUT2D eigenvalue weighted by Crippen LogP contribution is 2.55. The van der Waals surface area contributed by atoms with Crippen LogP contribution in [0.3, 0.4) is 0 Å². The number of hydrogen-bond acceptors (Lipinski definition) is 49. The summed E-state index contributed by atoms with van der Waals surface area (Å²) in [7, 11) is -1.74. The van der Waals surface area contributed by atoms with Crippen LogP contribution < -0.4 is 31.3 Å². The molecule has 6 unspecified atom stereocenters. The van der Waals surface area contributed by atoms with Gasteiger partial charge in [-0.1, -0.05) is 22.9 Å². The number of H-pyrrole nitrogens is 2. The average Bonchev–Trinajstić information content (AvgIpc) is 1.54. The standard InChI is InChI=1S/C12H10O4S.C9H6O6.C8H4O6.C8H6O5.C8H12O4.C8H6O4.C7H6O4.C6H7N3O3.C4H6O6.C4H6O4S2.C4H6O4.C4H4O4/c13-9-1-5-11(6-2-9)17(15,16)12-7-3-10(14)4-8-12;10-6-2-1-3-5(4(2)8(12)14-6)9(13)15-7(3)11;9-5-1-2(6(10)13-5)4-3(1)7(11)14-8(4)12;9-4-13-7-2-5(8(11)12)1-6(10)3-7;9-5-12-7-3-1-6(2-4-7)8(10)11;9-5-12-7-3-1-2-6(4-7)8(10)11;8-4-11-7-2-1-5(9)3-6(7)10;1-2-3-9-5(11)7-4(10)8-6(9)12;5-1-10-4(9)2(6)3(7)8;5-3-8-1-2-9-10-4(6)7;2*5-3-8-2-1-4(6)7/h1-8,13-14H;2-5H,1H2;1-4H;1-4,10H,(H,11,12);5-7H,1-4H2,(H,10,11);1-5H,(H,10,11);1-4,9-10H;2H,1,3H2,(H2,7,8,10,11,12);1-2,4,6,9H,(H,7,8);3H,1-2H2,(H,6,7);3H,1-2H2,(H,6,7);1-3H,(H,6,7)/b;;;;;;;;;;;2-1+. The van der Waals surface area contributed by atoms with Crippen LogP contribution >= 0.6 is 21.6 Å². The Hall–Kier alpha value is -17.8. The van der Waals surface area contributed by atoms with Gasteiger partial charge in [-0.15, -0.1) is 6.58 Å². The maximum Gasteiger partial charge on any atom is 0.375 e. The van der Waals surface area contributed by atoms with Crippen molar-refractivity contribution >= 4 is 172 Å². The number of fused-ring (bicyclic) bond motifs is 7. The second-order valence-electron chi connectivity index (χ2n) is 26.9. The molecule has 142 heavy (non-hydrogen) atoms. The number of aromatic amines is 2. The van der Waals surface area contributed by atoms with Gasteiger partial charge in [0.15, 0.2) is 11.5 Å². The smallest absolute Gasteiger partial charge is 0.375 e. The maximum absolute atomic E-state index is 12.1. The fraction of sp³-hybridized carbons (Fsp3) is 0.268. The molecule has 0 bridgehead atoms. The zero-order valence-corrected chi connectivity index (χ0v) is 74.2. The Bertz CT molecular complexity index is 5640. The highest BCUT2D eigenvalue weighted by Gasteiger charge is 2.73. The van der Waals surface area contributed by atoms with Crippen molar-refractivity contribution in [3.63, 3.8) is 0 Å². The van der Waals surface area contributed by atoms with E-state index in [1.54, 1.807) is 0 Å². The van der Waals surface area contributed by atoms with Crippen LogP contribution in [0.25, 0.3) is 0 Å². The number of allylic oxidation sites excluding steroid dienone is 1. The summed E-state index contributed by atoms with van der Waals surface area (Å²) in [6, 6.07) is 23.3. The summed E-state index contributed by atoms with van der Waals surface area (Å²) in [4.78, 5) is 273. The molecule has 57 nitrogen and oxygen atoms in total.